The van der Waals surface area contributed by atoms with Gasteiger partial charge in [0.1, 0.15) is 12.0 Å². The Kier molecular flexibility index (Phi) is 5.66. The van der Waals surface area contributed by atoms with E-state index in [1.165, 1.54) is 11.1 Å². The number of guanidine groups is 1. The number of hydrogen-bond acceptors (Lipinski definition) is 3. The topological polar surface area (TPSA) is 53.7 Å². The molecule has 3 rings (SSSR count). The molecular weight excluding hydrogens is 300 g/mol. The van der Waals surface area contributed by atoms with E-state index in [0.29, 0.717) is 6.54 Å². The van der Waals surface area contributed by atoms with Crippen molar-refractivity contribution in [3.05, 3.63) is 59.5 Å². The lowest BCUT2D eigenvalue weighted by Gasteiger charge is -2.31. The maximum absolute atomic E-state index is 4.86. The molecule has 1 aromatic heterocycles. The van der Waals surface area contributed by atoms with E-state index in [2.05, 4.69) is 63.7 Å². The summed E-state index contributed by atoms with van der Waals surface area (Å²) < 4.78 is 4.86. The lowest BCUT2D eigenvalue weighted by molar-refractivity contribution is 0.374. The fourth-order valence-electron chi connectivity index (χ4n) is 2.84. The maximum Gasteiger partial charge on any atom is 0.194 e. The van der Waals surface area contributed by atoms with E-state index in [-0.39, 0.29) is 0 Å². The molecule has 1 saturated heterocycles. The first-order chi connectivity index (χ1) is 11.8. The maximum atomic E-state index is 4.86. The Hall–Kier alpha value is -2.56. The van der Waals surface area contributed by atoms with Crippen LogP contribution in [0.15, 0.2) is 57.7 Å². The molecule has 1 aliphatic rings. The van der Waals surface area contributed by atoms with Gasteiger partial charge in [-0.2, -0.15) is 0 Å². The monoisotopic (exact) mass is 324 g/mol. The van der Waals surface area contributed by atoms with Gasteiger partial charge in [0, 0.05) is 25.7 Å². The third-order valence-electron chi connectivity index (χ3n) is 4.09. The van der Waals surface area contributed by atoms with Crippen molar-refractivity contribution in [3.63, 3.8) is 0 Å². The van der Waals surface area contributed by atoms with E-state index < -0.39 is 0 Å². The lowest BCUT2D eigenvalue weighted by atomic mass is 10.0. The van der Waals surface area contributed by atoms with Crippen LogP contribution in [0, 0.1) is 0 Å². The summed E-state index contributed by atoms with van der Waals surface area (Å²) in [7, 11) is 0. The zero-order valence-corrected chi connectivity index (χ0v) is 14.1. The van der Waals surface area contributed by atoms with E-state index in [1.807, 2.05) is 6.07 Å². The highest BCUT2D eigenvalue weighted by molar-refractivity contribution is 5.80. The third-order valence-corrected chi connectivity index (χ3v) is 4.09. The summed E-state index contributed by atoms with van der Waals surface area (Å²) in [5, 5.41) is 7.29. The summed E-state index contributed by atoms with van der Waals surface area (Å²) >= 11 is 0. The van der Waals surface area contributed by atoms with Crippen molar-refractivity contribution < 1.29 is 4.52 Å². The number of benzene rings is 1. The average Bonchev–Trinajstić information content (AvgIpc) is 3.14. The van der Waals surface area contributed by atoms with Gasteiger partial charge in [0.2, 0.25) is 0 Å². The van der Waals surface area contributed by atoms with Crippen molar-refractivity contribution in [2.24, 2.45) is 4.99 Å². The molecule has 0 unspecified atom stereocenters. The number of hydrogen-bond donors (Lipinski definition) is 1. The quantitative estimate of drug-likeness (QED) is 0.692. The van der Waals surface area contributed by atoms with Gasteiger partial charge in [0.05, 0.1) is 6.54 Å². The molecule has 0 aliphatic carbocycles. The molecule has 0 radical (unpaired) electrons. The second-order valence-electron chi connectivity index (χ2n) is 5.86. The number of likely N-dealkylation sites (tertiary alicyclic amines) is 1. The van der Waals surface area contributed by atoms with E-state index >= 15 is 0 Å². The Bertz CT molecular complexity index is 667. The van der Waals surface area contributed by atoms with E-state index in [1.54, 1.807) is 6.26 Å². The Balaban J connectivity index is 1.60. The van der Waals surface area contributed by atoms with Gasteiger partial charge in [-0.3, -0.25) is 0 Å². The summed E-state index contributed by atoms with van der Waals surface area (Å²) in [4.78, 5) is 7.00. The molecule has 1 aromatic carbocycles. The molecule has 24 heavy (non-hydrogen) atoms. The van der Waals surface area contributed by atoms with Crippen LogP contribution in [0.1, 0.15) is 31.0 Å². The molecule has 0 atom stereocenters. The minimum Gasteiger partial charge on any atom is -0.364 e. The Morgan fingerprint density at radius 2 is 2.04 bits per heavy atom. The Morgan fingerprint density at radius 3 is 2.71 bits per heavy atom. The van der Waals surface area contributed by atoms with Crippen molar-refractivity contribution in [2.45, 2.75) is 26.3 Å². The highest BCUT2D eigenvalue weighted by atomic mass is 16.5. The molecule has 0 saturated carbocycles. The van der Waals surface area contributed by atoms with Gasteiger partial charge in [0.25, 0.3) is 0 Å². The molecule has 1 aliphatic heterocycles. The predicted octanol–water partition coefficient (Wildman–Crippen LogP) is 3.32. The second kappa shape index (κ2) is 8.34. The van der Waals surface area contributed by atoms with Crippen LogP contribution in [0.3, 0.4) is 0 Å². The molecule has 1 fully saturated rings. The van der Waals surface area contributed by atoms with Crippen LogP contribution in [-0.4, -0.2) is 35.7 Å². The van der Waals surface area contributed by atoms with Gasteiger partial charge in [-0.25, -0.2) is 4.99 Å². The SMILES string of the molecule is CCNC(=NCc1ccon1)N1CCC(=Cc2ccccc2)CC1. The number of rotatable bonds is 4. The van der Waals surface area contributed by atoms with Crippen LogP contribution in [0.5, 0.6) is 0 Å². The van der Waals surface area contributed by atoms with Crippen LogP contribution < -0.4 is 5.32 Å². The molecule has 0 bridgehead atoms. The van der Waals surface area contributed by atoms with E-state index in [0.717, 1.165) is 44.1 Å². The average molecular weight is 324 g/mol. The number of aliphatic imine (C=N–C) groups is 1. The highest BCUT2D eigenvalue weighted by Crippen LogP contribution is 2.19. The fraction of sp³-hybridized carbons (Fsp3) is 0.368. The minimum absolute atomic E-state index is 0.544. The highest BCUT2D eigenvalue weighted by Gasteiger charge is 2.17. The summed E-state index contributed by atoms with van der Waals surface area (Å²) in [6.07, 6.45) is 6.04. The number of aromatic nitrogens is 1. The van der Waals surface area contributed by atoms with Crippen molar-refractivity contribution in [2.75, 3.05) is 19.6 Å². The third kappa shape index (κ3) is 4.47. The van der Waals surface area contributed by atoms with Crippen LogP contribution in [0.25, 0.3) is 6.08 Å². The fourth-order valence-corrected chi connectivity index (χ4v) is 2.84. The van der Waals surface area contributed by atoms with Gasteiger partial charge in [0.15, 0.2) is 5.96 Å². The number of nitrogens with one attached hydrogen (secondary N) is 1. The van der Waals surface area contributed by atoms with Gasteiger partial charge in [-0.05, 0) is 25.3 Å². The first-order valence-corrected chi connectivity index (χ1v) is 8.52. The van der Waals surface area contributed by atoms with Crippen molar-refractivity contribution in [3.8, 4) is 0 Å². The van der Waals surface area contributed by atoms with Gasteiger partial charge in [-0.15, -0.1) is 0 Å². The largest absolute Gasteiger partial charge is 0.364 e. The molecule has 1 N–H and O–H groups in total. The molecule has 5 heteroatoms. The van der Waals surface area contributed by atoms with Crippen molar-refractivity contribution in [1.82, 2.24) is 15.4 Å². The first kappa shape index (κ1) is 16.3. The van der Waals surface area contributed by atoms with Crippen LogP contribution in [0.4, 0.5) is 0 Å². The molecule has 0 spiro atoms. The van der Waals surface area contributed by atoms with Crippen molar-refractivity contribution in [1.29, 1.82) is 0 Å². The Morgan fingerprint density at radius 1 is 1.25 bits per heavy atom. The van der Waals surface area contributed by atoms with E-state index in [9.17, 15) is 0 Å². The van der Waals surface area contributed by atoms with Gasteiger partial charge >= 0.3 is 0 Å². The molecule has 0 amide bonds. The van der Waals surface area contributed by atoms with Crippen molar-refractivity contribution >= 4 is 12.0 Å². The number of nitrogens with zero attached hydrogens (tertiary/aromatic N) is 3. The summed E-state index contributed by atoms with van der Waals surface area (Å²) in [6, 6.07) is 12.4. The second-order valence-corrected chi connectivity index (χ2v) is 5.86. The van der Waals surface area contributed by atoms with Gasteiger partial charge < -0.3 is 14.7 Å². The molecule has 2 heterocycles. The number of piperidine rings is 1. The lowest BCUT2D eigenvalue weighted by Crippen LogP contribution is -2.44. The molecule has 126 valence electrons. The molecule has 2 aromatic rings. The zero-order valence-electron chi connectivity index (χ0n) is 14.1. The van der Waals surface area contributed by atoms with Crippen LogP contribution in [0.2, 0.25) is 0 Å². The van der Waals surface area contributed by atoms with Crippen LogP contribution >= 0.6 is 0 Å². The normalized spacial score (nSPS) is 15.5. The van der Waals surface area contributed by atoms with Gasteiger partial charge in [-0.1, -0.05) is 47.1 Å². The summed E-state index contributed by atoms with van der Waals surface area (Å²) in [5.74, 6) is 0.958. The minimum atomic E-state index is 0.544. The molecule has 5 nitrogen and oxygen atoms in total. The zero-order chi connectivity index (χ0) is 16.6. The predicted molar refractivity (Wildman–Crippen MR) is 96.5 cm³/mol. The summed E-state index contributed by atoms with van der Waals surface area (Å²) in [6.45, 7) is 5.48. The smallest absolute Gasteiger partial charge is 0.194 e. The Labute approximate surface area is 143 Å². The summed E-state index contributed by atoms with van der Waals surface area (Å²) in [5.41, 5.74) is 3.64. The first-order valence-electron chi connectivity index (χ1n) is 8.52. The standard InChI is InChI=1S/C19H24N4O/c1-2-20-19(21-15-18-10-13-24-22-18)23-11-8-17(9-12-23)14-16-6-4-3-5-7-16/h3-7,10,13-14H,2,8-9,11-12,15H2,1H3,(H,20,21). The molecular formula is C19H24N4O. The van der Waals surface area contributed by atoms with E-state index in [4.69, 9.17) is 4.52 Å². The van der Waals surface area contributed by atoms with Crippen LogP contribution in [-0.2, 0) is 6.54 Å².